The third kappa shape index (κ3) is 3.85. The van der Waals surface area contributed by atoms with Crippen molar-refractivity contribution in [2.75, 3.05) is 13.2 Å². The normalized spacial score (nSPS) is 24.0. The molecule has 1 aliphatic rings. The number of hydrogen-bond donors (Lipinski definition) is 0. The van der Waals surface area contributed by atoms with Gasteiger partial charge in [-0.3, -0.25) is 0 Å². The van der Waals surface area contributed by atoms with Crippen molar-refractivity contribution in [3.05, 3.63) is 59.7 Å². The zero-order chi connectivity index (χ0) is 17.0. The van der Waals surface area contributed by atoms with Crippen LogP contribution in [-0.4, -0.2) is 18.9 Å². The summed E-state index contributed by atoms with van der Waals surface area (Å²) in [7, 11) is 0. The van der Waals surface area contributed by atoms with Gasteiger partial charge in [0.15, 0.2) is 12.0 Å². The Kier molecular flexibility index (Phi) is 5.32. The van der Waals surface area contributed by atoms with Crippen molar-refractivity contribution in [1.29, 1.82) is 0 Å². The van der Waals surface area contributed by atoms with E-state index >= 15 is 0 Å². The van der Waals surface area contributed by atoms with Crippen LogP contribution in [0.4, 0.5) is 4.39 Å². The van der Waals surface area contributed by atoms with Crippen molar-refractivity contribution >= 4 is 0 Å². The van der Waals surface area contributed by atoms with Gasteiger partial charge in [-0.25, -0.2) is 4.39 Å². The molecule has 1 aliphatic heterocycles. The Balaban J connectivity index is 1.66. The molecule has 0 aliphatic carbocycles. The summed E-state index contributed by atoms with van der Waals surface area (Å²) in [6, 6.07) is 16.7. The molecule has 2 aromatic carbocycles. The Morgan fingerprint density at radius 3 is 1.96 bits per heavy atom. The van der Waals surface area contributed by atoms with Gasteiger partial charge in [0.2, 0.25) is 0 Å². The molecular formula is C21H25FO2. The number of alkyl halides is 1. The van der Waals surface area contributed by atoms with Crippen molar-refractivity contribution in [3.63, 3.8) is 0 Å². The molecule has 0 N–H and O–H groups in total. The molecule has 2 nitrogen and oxygen atoms in total. The summed E-state index contributed by atoms with van der Waals surface area (Å²) in [6.45, 7) is 4.33. The molecule has 0 aromatic heterocycles. The highest BCUT2D eigenvalue weighted by Gasteiger charge is 2.36. The largest absolute Gasteiger partial charge is 0.345 e. The van der Waals surface area contributed by atoms with Gasteiger partial charge in [-0.15, -0.1) is 0 Å². The molecule has 0 saturated carbocycles. The van der Waals surface area contributed by atoms with E-state index in [1.165, 1.54) is 11.1 Å². The van der Waals surface area contributed by atoms with Crippen LogP contribution in [0.5, 0.6) is 0 Å². The first-order valence-corrected chi connectivity index (χ1v) is 8.75. The monoisotopic (exact) mass is 328 g/mol. The first-order valence-electron chi connectivity index (χ1n) is 8.75. The zero-order valence-corrected chi connectivity index (χ0v) is 14.4. The maximum absolute atomic E-state index is 14.4. The van der Waals surface area contributed by atoms with E-state index in [0.717, 1.165) is 24.0 Å². The van der Waals surface area contributed by atoms with Gasteiger partial charge in [0.1, 0.15) is 0 Å². The lowest BCUT2D eigenvalue weighted by Gasteiger charge is -2.34. The minimum Gasteiger partial charge on any atom is -0.345 e. The molecule has 0 spiro atoms. The molecular weight excluding hydrogens is 303 g/mol. The number of aryl methyl sites for hydroxylation is 1. The van der Waals surface area contributed by atoms with E-state index in [-0.39, 0.29) is 13.2 Å². The Labute approximate surface area is 143 Å². The Bertz CT molecular complexity index is 641. The van der Waals surface area contributed by atoms with Gasteiger partial charge < -0.3 is 9.47 Å². The summed E-state index contributed by atoms with van der Waals surface area (Å²) in [5, 5.41) is 0. The molecule has 2 aromatic rings. The number of benzene rings is 2. The van der Waals surface area contributed by atoms with Gasteiger partial charge in [0, 0.05) is 5.56 Å². The van der Waals surface area contributed by atoms with Crippen LogP contribution in [0.3, 0.4) is 0 Å². The number of halogens is 1. The molecule has 3 heteroatoms. The molecule has 0 amide bonds. The van der Waals surface area contributed by atoms with Crippen LogP contribution in [0.15, 0.2) is 48.5 Å². The van der Waals surface area contributed by atoms with Gasteiger partial charge in [0.25, 0.3) is 0 Å². The van der Waals surface area contributed by atoms with E-state index in [1.807, 2.05) is 19.1 Å². The lowest BCUT2D eigenvalue weighted by molar-refractivity contribution is -0.238. The Hall–Kier alpha value is -1.71. The highest BCUT2D eigenvalue weighted by atomic mass is 19.1. The van der Waals surface area contributed by atoms with Crippen LogP contribution in [0.2, 0.25) is 0 Å². The number of hydrogen-bond acceptors (Lipinski definition) is 2. The first kappa shape index (κ1) is 17.1. The molecule has 1 heterocycles. The maximum atomic E-state index is 14.4. The summed E-state index contributed by atoms with van der Waals surface area (Å²) in [5.41, 5.74) is 3.27. The lowest BCUT2D eigenvalue weighted by Crippen LogP contribution is -2.41. The Morgan fingerprint density at radius 2 is 1.46 bits per heavy atom. The van der Waals surface area contributed by atoms with Crippen LogP contribution < -0.4 is 0 Å². The highest BCUT2D eigenvalue weighted by molar-refractivity contribution is 5.64. The van der Waals surface area contributed by atoms with Gasteiger partial charge in [-0.2, -0.15) is 0 Å². The van der Waals surface area contributed by atoms with E-state index in [9.17, 15) is 4.39 Å². The van der Waals surface area contributed by atoms with Crippen LogP contribution in [0.1, 0.15) is 44.1 Å². The molecule has 0 bridgehead atoms. The molecule has 128 valence electrons. The van der Waals surface area contributed by atoms with Gasteiger partial charge in [-0.1, -0.05) is 68.8 Å². The van der Waals surface area contributed by atoms with Gasteiger partial charge in [-0.05, 0) is 29.5 Å². The second-order valence-corrected chi connectivity index (χ2v) is 6.53. The minimum atomic E-state index is -1.34. The minimum absolute atomic E-state index is 0.103. The summed E-state index contributed by atoms with van der Waals surface area (Å²) >= 11 is 0. The second-order valence-electron chi connectivity index (χ2n) is 6.53. The summed E-state index contributed by atoms with van der Waals surface area (Å²) < 4.78 is 25.6. The number of ether oxygens (including phenoxy) is 2. The fourth-order valence-electron chi connectivity index (χ4n) is 3.09. The molecule has 0 unspecified atom stereocenters. The van der Waals surface area contributed by atoms with E-state index in [0.29, 0.717) is 6.42 Å². The van der Waals surface area contributed by atoms with E-state index in [4.69, 9.17) is 9.47 Å². The molecule has 0 atom stereocenters. The third-order valence-electron chi connectivity index (χ3n) is 4.56. The Morgan fingerprint density at radius 1 is 0.917 bits per heavy atom. The number of rotatable bonds is 5. The lowest BCUT2D eigenvalue weighted by atomic mass is 10.00. The van der Waals surface area contributed by atoms with Crippen molar-refractivity contribution in [3.8, 4) is 11.1 Å². The summed E-state index contributed by atoms with van der Waals surface area (Å²) in [6.07, 6.45) is 1.84. The van der Waals surface area contributed by atoms with Crippen LogP contribution in [0, 0.1) is 0 Å². The second kappa shape index (κ2) is 7.45. The van der Waals surface area contributed by atoms with Crippen LogP contribution in [0.25, 0.3) is 11.1 Å². The molecule has 3 rings (SSSR count). The summed E-state index contributed by atoms with van der Waals surface area (Å²) in [4.78, 5) is 0. The average molecular weight is 328 g/mol. The molecule has 1 fully saturated rings. The van der Waals surface area contributed by atoms with Crippen LogP contribution in [-0.2, 0) is 15.9 Å². The average Bonchev–Trinajstić information content (AvgIpc) is 2.63. The van der Waals surface area contributed by atoms with Crippen molar-refractivity contribution < 1.29 is 13.9 Å². The van der Waals surface area contributed by atoms with E-state index in [1.54, 1.807) is 0 Å². The fraction of sp³-hybridized carbons (Fsp3) is 0.429. The predicted octanol–water partition coefficient (Wildman–Crippen LogP) is 5.47. The fourth-order valence-corrected chi connectivity index (χ4v) is 3.09. The van der Waals surface area contributed by atoms with Crippen LogP contribution >= 0.6 is 0 Å². The molecule has 1 saturated heterocycles. The van der Waals surface area contributed by atoms with Crippen molar-refractivity contribution in [2.24, 2.45) is 0 Å². The van der Waals surface area contributed by atoms with Gasteiger partial charge >= 0.3 is 0 Å². The highest BCUT2D eigenvalue weighted by Crippen LogP contribution is 2.32. The smallest absolute Gasteiger partial charge is 0.184 e. The topological polar surface area (TPSA) is 18.5 Å². The SMILES string of the molecule is CCCC1(F)COC(c2ccc(-c3ccc(CC)cc3)cc2)OC1. The molecule has 24 heavy (non-hydrogen) atoms. The first-order chi connectivity index (χ1) is 11.6. The predicted molar refractivity (Wildman–Crippen MR) is 94.6 cm³/mol. The van der Waals surface area contributed by atoms with E-state index < -0.39 is 12.0 Å². The molecule has 0 radical (unpaired) electrons. The third-order valence-corrected chi connectivity index (χ3v) is 4.56. The maximum Gasteiger partial charge on any atom is 0.184 e. The van der Waals surface area contributed by atoms with Crippen molar-refractivity contribution in [2.45, 2.75) is 45.1 Å². The summed E-state index contributed by atoms with van der Waals surface area (Å²) in [5.74, 6) is 0. The standard InChI is InChI=1S/C21H25FO2/c1-3-13-21(22)14-23-20(24-15-21)19-11-9-18(10-12-19)17-7-5-16(4-2)6-8-17/h5-12,20H,3-4,13-15H2,1-2H3. The zero-order valence-electron chi connectivity index (χ0n) is 14.4. The quantitative estimate of drug-likeness (QED) is 0.724. The van der Waals surface area contributed by atoms with E-state index in [2.05, 4.69) is 43.3 Å². The van der Waals surface area contributed by atoms with Crippen molar-refractivity contribution in [1.82, 2.24) is 0 Å². The van der Waals surface area contributed by atoms with Gasteiger partial charge in [0.05, 0.1) is 13.2 Å².